The number of methoxy groups -OCH3 is 2. The number of benzene rings is 2. The Kier molecular flexibility index (Phi) is 5.50. The number of hydrogen-bond donors (Lipinski definition) is 2. The first-order valence-corrected chi connectivity index (χ1v) is 11.8. The minimum absolute atomic E-state index is 0.0417. The van der Waals surface area contributed by atoms with Crippen LogP contribution in [-0.2, 0) is 16.4 Å². The Balaban J connectivity index is 1.61. The summed E-state index contributed by atoms with van der Waals surface area (Å²) in [6.45, 7) is 0.369. The minimum atomic E-state index is -4.18. The van der Waals surface area contributed by atoms with Crippen molar-refractivity contribution in [3.8, 4) is 17.2 Å². The lowest BCUT2D eigenvalue weighted by Crippen LogP contribution is -2.15. The van der Waals surface area contributed by atoms with E-state index in [0.717, 1.165) is 5.56 Å². The van der Waals surface area contributed by atoms with Crippen LogP contribution >= 0.6 is 0 Å². The lowest BCUT2D eigenvalue weighted by Gasteiger charge is -2.15. The number of nitrogens with zero attached hydrogens (tertiary/aromatic N) is 2. The van der Waals surface area contributed by atoms with Crippen LogP contribution < -0.4 is 18.9 Å². The zero-order valence-corrected chi connectivity index (χ0v) is 19.1. The molecule has 11 heteroatoms. The van der Waals surface area contributed by atoms with E-state index in [1.165, 1.54) is 26.4 Å². The van der Waals surface area contributed by atoms with Gasteiger partial charge in [0.2, 0.25) is 0 Å². The second-order valence-electron chi connectivity index (χ2n) is 7.53. The van der Waals surface area contributed by atoms with E-state index in [-0.39, 0.29) is 27.8 Å². The molecular weight excluding hydrogens is 462 g/mol. The third-order valence-electron chi connectivity index (χ3n) is 5.60. The molecule has 0 unspecified atom stereocenters. The molecule has 1 atom stereocenters. The number of ether oxygens (including phenoxy) is 3. The normalized spacial score (nSPS) is 13.9. The van der Waals surface area contributed by atoms with Gasteiger partial charge in [-0.15, -0.1) is 0 Å². The largest absolute Gasteiger partial charge is 0.495 e. The lowest BCUT2D eigenvalue weighted by atomic mass is 9.96. The molecule has 0 radical (unpaired) electrons. The topological polar surface area (TPSA) is 133 Å². The van der Waals surface area contributed by atoms with Crippen molar-refractivity contribution < 1.29 is 32.3 Å². The molecule has 2 aromatic heterocycles. The summed E-state index contributed by atoms with van der Waals surface area (Å²) in [5, 5.41) is 15.3. The number of rotatable bonds is 7. The molecule has 1 aliphatic heterocycles. The van der Waals surface area contributed by atoms with Crippen molar-refractivity contribution in [2.45, 2.75) is 17.4 Å². The van der Waals surface area contributed by atoms with E-state index in [9.17, 15) is 13.5 Å². The summed E-state index contributed by atoms with van der Waals surface area (Å²) in [7, 11) is -1.45. The van der Waals surface area contributed by atoms with Gasteiger partial charge in [-0.05, 0) is 35.9 Å². The number of aromatic nitrogens is 2. The summed E-state index contributed by atoms with van der Waals surface area (Å²) in [6.07, 6.45) is 1.12. The molecule has 0 fully saturated rings. The molecule has 1 aliphatic rings. The maximum atomic E-state index is 13.3. The number of anilines is 1. The van der Waals surface area contributed by atoms with E-state index in [2.05, 4.69) is 14.9 Å². The van der Waals surface area contributed by atoms with Crippen molar-refractivity contribution in [3.63, 3.8) is 0 Å². The lowest BCUT2D eigenvalue weighted by molar-refractivity contribution is 0.214. The molecule has 0 saturated heterocycles. The molecule has 0 saturated carbocycles. The summed E-state index contributed by atoms with van der Waals surface area (Å²) in [5.74, 6) is 0.595. The fourth-order valence-corrected chi connectivity index (χ4v) is 5.40. The first kappa shape index (κ1) is 22.0. The van der Waals surface area contributed by atoms with Gasteiger partial charge in [0, 0.05) is 18.2 Å². The Hall–Kier alpha value is -3.83. The molecule has 4 aromatic rings. The second kappa shape index (κ2) is 8.50. The van der Waals surface area contributed by atoms with E-state index in [1.54, 1.807) is 36.5 Å². The molecule has 3 heterocycles. The highest BCUT2D eigenvalue weighted by atomic mass is 32.2. The zero-order valence-electron chi connectivity index (χ0n) is 18.3. The average molecular weight is 484 g/mol. The molecule has 2 aromatic carbocycles. The van der Waals surface area contributed by atoms with Crippen LogP contribution in [0, 0.1) is 0 Å². The predicted octanol–water partition coefficient (Wildman–Crippen LogP) is 3.06. The smallest absolute Gasteiger partial charge is 0.270 e. The van der Waals surface area contributed by atoms with Crippen molar-refractivity contribution in [3.05, 3.63) is 65.5 Å². The van der Waals surface area contributed by atoms with E-state index in [1.807, 2.05) is 0 Å². The van der Waals surface area contributed by atoms with Crippen molar-refractivity contribution >= 4 is 26.8 Å². The number of nitrogens with one attached hydrogen (secondary N) is 1. The molecule has 0 amide bonds. The third-order valence-corrected chi connectivity index (χ3v) is 7.00. The first-order valence-electron chi connectivity index (χ1n) is 10.4. The molecule has 34 heavy (non-hydrogen) atoms. The molecule has 0 spiro atoms. The van der Waals surface area contributed by atoms with Gasteiger partial charge in [0.1, 0.15) is 28.7 Å². The van der Waals surface area contributed by atoms with Gasteiger partial charge in [-0.25, -0.2) is 8.42 Å². The fourth-order valence-electron chi connectivity index (χ4n) is 4.07. The van der Waals surface area contributed by atoms with E-state index in [0.29, 0.717) is 35.4 Å². The Labute approximate surface area is 195 Å². The quantitative estimate of drug-likeness (QED) is 0.407. The van der Waals surface area contributed by atoms with Crippen LogP contribution in [0.4, 0.5) is 5.82 Å². The fraction of sp³-hybridized carbons (Fsp3) is 0.217. The molecule has 0 bridgehead atoms. The van der Waals surface area contributed by atoms with Gasteiger partial charge in [-0.2, -0.15) is 0 Å². The SMILES string of the molecule is COc1cccc(OC)c1S(=O)(=O)Nc1noc2cc([C@@H](O)c3ccccn3)c3c(c12)OCC3. The van der Waals surface area contributed by atoms with E-state index in [4.69, 9.17) is 18.7 Å². The number of hydrogen-bond acceptors (Lipinski definition) is 9. The molecule has 176 valence electrons. The standard InChI is InChI=1S/C23H21N3O7S/c1-30-16-7-5-8-17(31-2)22(16)34(28,29)26-23-19-18(33-25-23)12-14(13-9-11-32-21(13)19)20(27)15-6-3-4-10-24-15/h3-8,10,12,20,27H,9,11H2,1-2H3,(H,25,26)/t20-/m1/s1. The van der Waals surface area contributed by atoms with Crippen molar-refractivity contribution in [2.75, 3.05) is 25.5 Å². The average Bonchev–Trinajstić information content (AvgIpc) is 3.49. The Bertz CT molecular complexity index is 1450. The summed E-state index contributed by atoms with van der Waals surface area (Å²) >= 11 is 0. The monoisotopic (exact) mass is 483 g/mol. The zero-order chi connectivity index (χ0) is 23.9. The number of aliphatic hydroxyl groups excluding tert-OH is 1. The summed E-state index contributed by atoms with van der Waals surface area (Å²) in [5.41, 5.74) is 2.04. The van der Waals surface area contributed by atoms with Crippen LogP contribution in [0.25, 0.3) is 11.0 Å². The summed E-state index contributed by atoms with van der Waals surface area (Å²) < 4.78 is 50.9. The van der Waals surface area contributed by atoms with Gasteiger partial charge >= 0.3 is 0 Å². The number of fused-ring (bicyclic) bond motifs is 3. The maximum absolute atomic E-state index is 13.3. The highest BCUT2D eigenvalue weighted by molar-refractivity contribution is 7.93. The molecule has 10 nitrogen and oxygen atoms in total. The van der Waals surface area contributed by atoms with Crippen LogP contribution in [0.15, 0.2) is 58.1 Å². The first-order chi connectivity index (χ1) is 16.4. The number of sulfonamides is 1. The second-order valence-corrected chi connectivity index (χ2v) is 9.15. The Morgan fingerprint density at radius 3 is 2.56 bits per heavy atom. The summed E-state index contributed by atoms with van der Waals surface area (Å²) in [4.78, 5) is 4.06. The van der Waals surface area contributed by atoms with Crippen LogP contribution in [-0.4, -0.2) is 44.5 Å². The maximum Gasteiger partial charge on any atom is 0.270 e. The molecule has 5 rings (SSSR count). The molecule has 2 N–H and O–H groups in total. The highest BCUT2D eigenvalue weighted by Crippen LogP contribution is 2.44. The summed E-state index contributed by atoms with van der Waals surface area (Å²) in [6, 6.07) is 11.6. The van der Waals surface area contributed by atoms with E-state index < -0.39 is 16.1 Å². The van der Waals surface area contributed by atoms with Crippen LogP contribution in [0.3, 0.4) is 0 Å². The van der Waals surface area contributed by atoms with Crippen molar-refractivity contribution in [1.29, 1.82) is 0 Å². The molecular formula is C23H21N3O7S. The predicted molar refractivity (Wildman–Crippen MR) is 122 cm³/mol. The molecule has 0 aliphatic carbocycles. The third kappa shape index (κ3) is 3.58. The highest BCUT2D eigenvalue weighted by Gasteiger charge is 2.32. The Morgan fingerprint density at radius 2 is 1.88 bits per heavy atom. The van der Waals surface area contributed by atoms with Crippen LogP contribution in [0.5, 0.6) is 17.2 Å². The number of aliphatic hydroxyl groups is 1. The van der Waals surface area contributed by atoms with Gasteiger partial charge in [0.15, 0.2) is 16.3 Å². The minimum Gasteiger partial charge on any atom is -0.495 e. The van der Waals surface area contributed by atoms with Gasteiger partial charge in [0.05, 0.1) is 26.5 Å². The van der Waals surface area contributed by atoms with Crippen molar-refractivity contribution in [1.82, 2.24) is 10.1 Å². The van der Waals surface area contributed by atoms with Gasteiger partial charge in [-0.1, -0.05) is 17.3 Å². The Morgan fingerprint density at radius 1 is 1.12 bits per heavy atom. The number of pyridine rings is 1. The van der Waals surface area contributed by atoms with Gasteiger partial charge in [0.25, 0.3) is 10.0 Å². The van der Waals surface area contributed by atoms with Crippen LogP contribution in [0.1, 0.15) is 22.9 Å². The van der Waals surface area contributed by atoms with E-state index >= 15 is 0 Å². The van der Waals surface area contributed by atoms with Crippen LogP contribution in [0.2, 0.25) is 0 Å². The van der Waals surface area contributed by atoms with Crippen molar-refractivity contribution in [2.24, 2.45) is 0 Å². The van der Waals surface area contributed by atoms with Gasteiger partial charge in [-0.3, -0.25) is 9.71 Å². The van der Waals surface area contributed by atoms with Gasteiger partial charge < -0.3 is 23.8 Å².